The molecule has 1 heterocycles. The van der Waals surface area contributed by atoms with Crippen molar-refractivity contribution in [2.45, 2.75) is 11.3 Å². The molecule has 1 amide bonds. The molecular weight excluding hydrogens is 318 g/mol. The quantitative estimate of drug-likeness (QED) is 0.807. The fourth-order valence-electron chi connectivity index (χ4n) is 1.99. The van der Waals surface area contributed by atoms with E-state index in [0.29, 0.717) is 18.5 Å². The molecule has 1 aromatic carbocycles. The van der Waals surface area contributed by atoms with E-state index in [1.807, 2.05) is 0 Å². The van der Waals surface area contributed by atoms with E-state index >= 15 is 0 Å². The van der Waals surface area contributed by atoms with Gasteiger partial charge in [0.2, 0.25) is 15.9 Å². The fourth-order valence-corrected chi connectivity index (χ4v) is 2.50. The monoisotopic (exact) mass is 335 g/mol. The number of sulfonamides is 1. The van der Waals surface area contributed by atoms with Crippen LogP contribution >= 0.6 is 0 Å². The molecule has 1 aromatic heterocycles. The number of hydrogen-bond donors (Lipinski definition) is 2. The van der Waals surface area contributed by atoms with Crippen molar-refractivity contribution in [3.63, 3.8) is 0 Å². The van der Waals surface area contributed by atoms with E-state index in [9.17, 15) is 13.2 Å². The highest BCUT2D eigenvalue weighted by molar-refractivity contribution is 7.89. The molecule has 122 valence electrons. The van der Waals surface area contributed by atoms with E-state index in [2.05, 4.69) is 10.3 Å². The lowest BCUT2D eigenvalue weighted by molar-refractivity contribution is 0.0950. The van der Waals surface area contributed by atoms with Crippen LogP contribution in [0.25, 0.3) is 0 Å². The Morgan fingerprint density at radius 1 is 1.26 bits per heavy atom. The molecule has 0 fully saturated rings. The van der Waals surface area contributed by atoms with Crippen LogP contribution in [0.15, 0.2) is 47.5 Å². The van der Waals surface area contributed by atoms with Crippen LogP contribution in [0.3, 0.4) is 0 Å². The molecule has 8 heteroatoms. The SMILES string of the molecule is COc1ncccc1C(=O)NCCc1ccc(S(N)(=O)=O)cc1. The lowest BCUT2D eigenvalue weighted by Gasteiger charge is -2.08. The van der Waals surface area contributed by atoms with Gasteiger partial charge in [0, 0.05) is 12.7 Å². The highest BCUT2D eigenvalue weighted by atomic mass is 32.2. The van der Waals surface area contributed by atoms with Gasteiger partial charge in [-0.25, -0.2) is 18.5 Å². The van der Waals surface area contributed by atoms with Crippen LogP contribution in [0.1, 0.15) is 15.9 Å². The zero-order valence-electron chi connectivity index (χ0n) is 12.5. The van der Waals surface area contributed by atoms with Crippen molar-refractivity contribution in [2.24, 2.45) is 5.14 Å². The number of nitrogens with two attached hydrogens (primary N) is 1. The molecule has 2 rings (SSSR count). The molecule has 0 saturated carbocycles. The smallest absolute Gasteiger partial charge is 0.256 e. The highest BCUT2D eigenvalue weighted by Gasteiger charge is 2.12. The number of nitrogens with zero attached hydrogens (tertiary/aromatic N) is 1. The summed E-state index contributed by atoms with van der Waals surface area (Å²) in [5.74, 6) is -0.0152. The lowest BCUT2D eigenvalue weighted by atomic mass is 10.1. The van der Waals surface area contributed by atoms with E-state index in [1.165, 1.54) is 19.2 Å². The second-order valence-corrected chi connectivity index (χ2v) is 6.32. The Labute approximate surface area is 134 Å². The van der Waals surface area contributed by atoms with Crippen LogP contribution in [0.4, 0.5) is 0 Å². The Bertz CT molecular complexity index is 789. The van der Waals surface area contributed by atoms with Crippen LogP contribution in [-0.4, -0.2) is 33.0 Å². The lowest BCUT2D eigenvalue weighted by Crippen LogP contribution is -2.26. The van der Waals surface area contributed by atoms with Crippen molar-refractivity contribution in [2.75, 3.05) is 13.7 Å². The number of aromatic nitrogens is 1. The van der Waals surface area contributed by atoms with Crippen molar-refractivity contribution >= 4 is 15.9 Å². The Kier molecular flexibility index (Phi) is 5.30. The van der Waals surface area contributed by atoms with Gasteiger partial charge in [0.1, 0.15) is 5.56 Å². The molecular formula is C15H17N3O4S. The Hall–Kier alpha value is -2.45. The zero-order valence-corrected chi connectivity index (χ0v) is 13.3. The number of methoxy groups -OCH3 is 1. The van der Waals surface area contributed by atoms with E-state index in [-0.39, 0.29) is 16.7 Å². The first-order chi connectivity index (χ1) is 10.9. The molecule has 0 saturated heterocycles. The summed E-state index contributed by atoms with van der Waals surface area (Å²) in [7, 11) is -2.24. The minimum atomic E-state index is -3.69. The number of carbonyl (C=O) groups excluding carboxylic acids is 1. The number of amides is 1. The average molecular weight is 335 g/mol. The zero-order chi connectivity index (χ0) is 16.9. The van der Waals surface area contributed by atoms with Crippen molar-refractivity contribution in [3.8, 4) is 5.88 Å². The molecule has 3 N–H and O–H groups in total. The van der Waals surface area contributed by atoms with Crippen molar-refractivity contribution < 1.29 is 17.9 Å². The molecule has 0 aliphatic carbocycles. The second-order valence-electron chi connectivity index (χ2n) is 4.76. The van der Waals surface area contributed by atoms with Gasteiger partial charge >= 0.3 is 0 Å². The molecule has 7 nitrogen and oxygen atoms in total. The Morgan fingerprint density at radius 2 is 1.96 bits per heavy atom. The van der Waals surface area contributed by atoms with Crippen molar-refractivity contribution in [1.82, 2.24) is 10.3 Å². The van der Waals surface area contributed by atoms with Gasteiger partial charge in [-0.15, -0.1) is 0 Å². The standard InChI is InChI=1S/C15H17N3O4S/c1-22-15-13(3-2-9-18-15)14(19)17-10-8-11-4-6-12(7-5-11)23(16,20)21/h2-7,9H,8,10H2,1H3,(H,17,19)(H2,16,20,21). The van der Waals surface area contributed by atoms with E-state index in [1.54, 1.807) is 30.5 Å². The summed E-state index contributed by atoms with van der Waals surface area (Å²) in [5.41, 5.74) is 1.25. The van der Waals surface area contributed by atoms with Crippen LogP contribution < -0.4 is 15.2 Å². The molecule has 0 aliphatic rings. The number of hydrogen-bond acceptors (Lipinski definition) is 5. The number of benzene rings is 1. The summed E-state index contributed by atoms with van der Waals surface area (Å²) in [4.78, 5) is 16.1. The molecule has 0 unspecified atom stereocenters. The van der Waals surface area contributed by atoms with Gasteiger partial charge in [0.15, 0.2) is 0 Å². The first kappa shape index (κ1) is 16.9. The van der Waals surface area contributed by atoms with Gasteiger partial charge in [-0.2, -0.15) is 0 Å². The maximum absolute atomic E-state index is 12.1. The van der Waals surface area contributed by atoms with Gasteiger partial charge in [-0.05, 0) is 36.2 Å². The number of nitrogens with one attached hydrogen (secondary N) is 1. The van der Waals surface area contributed by atoms with E-state index in [4.69, 9.17) is 9.88 Å². The van der Waals surface area contributed by atoms with Crippen molar-refractivity contribution in [1.29, 1.82) is 0 Å². The number of primary sulfonamides is 1. The second kappa shape index (κ2) is 7.21. The Balaban J connectivity index is 1.93. The maximum Gasteiger partial charge on any atom is 0.256 e. The minimum absolute atomic E-state index is 0.0605. The molecule has 0 spiro atoms. The number of pyridine rings is 1. The van der Waals surface area contributed by atoms with Crippen LogP contribution in [0, 0.1) is 0 Å². The van der Waals surface area contributed by atoms with Crippen LogP contribution in [0.5, 0.6) is 5.88 Å². The fraction of sp³-hybridized carbons (Fsp3) is 0.200. The van der Waals surface area contributed by atoms with Crippen molar-refractivity contribution in [3.05, 3.63) is 53.7 Å². The largest absolute Gasteiger partial charge is 0.480 e. The highest BCUT2D eigenvalue weighted by Crippen LogP contribution is 2.13. The number of rotatable bonds is 6. The molecule has 0 radical (unpaired) electrons. The predicted molar refractivity (Wildman–Crippen MR) is 84.6 cm³/mol. The molecule has 0 aliphatic heterocycles. The maximum atomic E-state index is 12.1. The minimum Gasteiger partial charge on any atom is -0.480 e. The number of ether oxygens (including phenoxy) is 1. The summed E-state index contributed by atoms with van der Waals surface area (Å²) < 4.78 is 27.4. The Morgan fingerprint density at radius 3 is 2.57 bits per heavy atom. The predicted octanol–water partition coefficient (Wildman–Crippen LogP) is 0.710. The molecule has 2 aromatic rings. The molecule has 0 atom stereocenters. The molecule has 0 bridgehead atoms. The van der Waals surface area contributed by atoms with E-state index < -0.39 is 10.0 Å². The summed E-state index contributed by atoms with van der Waals surface area (Å²) in [5, 5.41) is 7.80. The van der Waals surface area contributed by atoms with Crippen LogP contribution in [0.2, 0.25) is 0 Å². The third-order valence-corrected chi connectivity index (χ3v) is 4.09. The molecule has 23 heavy (non-hydrogen) atoms. The van der Waals surface area contributed by atoms with Gasteiger partial charge in [0.25, 0.3) is 5.91 Å². The topological polar surface area (TPSA) is 111 Å². The third-order valence-electron chi connectivity index (χ3n) is 3.16. The first-order valence-corrected chi connectivity index (χ1v) is 8.35. The first-order valence-electron chi connectivity index (χ1n) is 6.81. The average Bonchev–Trinajstić information content (AvgIpc) is 2.54. The summed E-state index contributed by atoms with van der Waals surface area (Å²) in [6.45, 7) is 0.394. The summed E-state index contributed by atoms with van der Waals surface area (Å²) in [6, 6.07) is 9.49. The third kappa shape index (κ3) is 4.51. The van der Waals surface area contributed by atoms with Gasteiger partial charge in [-0.1, -0.05) is 12.1 Å². The van der Waals surface area contributed by atoms with E-state index in [0.717, 1.165) is 5.56 Å². The van der Waals surface area contributed by atoms with Crippen LogP contribution in [-0.2, 0) is 16.4 Å². The van der Waals surface area contributed by atoms with Gasteiger partial charge in [0.05, 0.1) is 12.0 Å². The number of carbonyl (C=O) groups is 1. The summed E-state index contributed by atoms with van der Waals surface area (Å²) in [6.07, 6.45) is 2.10. The summed E-state index contributed by atoms with van der Waals surface area (Å²) >= 11 is 0. The van der Waals surface area contributed by atoms with Gasteiger partial charge < -0.3 is 10.1 Å². The van der Waals surface area contributed by atoms with Gasteiger partial charge in [-0.3, -0.25) is 4.79 Å². The normalized spacial score (nSPS) is 11.0.